The molecule has 0 aliphatic carbocycles. The van der Waals surface area contributed by atoms with Gasteiger partial charge in [0.2, 0.25) is 0 Å². The van der Waals surface area contributed by atoms with Crippen molar-refractivity contribution in [3.05, 3.63) is 127 Å². The van der Waals surface area contributed by atoms with E-state index in [4.69, 9.17) is 0 Å². The van der Waals surface area contributed by atoms with Crippen LogP contribution in [0.5, 0.6) is 0 Å². The highest BCUT2D eigenvalue weighted by atomic mass is 32.1. The van der Waals surface area contributed by atoms with Gasteiger partial charge < -0.3 is 4.57 Å². The van der Waals surface area contributed by atoms with Gasteiger partial charge >= 0.3 is 0 Å². The minimum Gasteiger partial charge on any atom is -0.309 e. The zero-order valence-corrected chi connectivity index (χ0v) is 22.5. The highest BCUT2D eigenvalue weighted by Crippen LogP contribution is 2.43. The maximum atomic E-state index is 2.42. The molecule has 9 rings (SSSR count). The number of rotatable bonds is 2. The Bertz CT molecular complexity index is 2380. The van der Waals surface area contributed by atoms with Crippen molar-refractivity contribution < 1.29 is 0 Å². The predicted octanol–water partition coefficient (Wildman–Crippen LogP) is 11.2. The quantitative estimate of drug-likeness (QED) is 0.209. The van der Waals surface area contributed by atoms with Crippen LogP contribution in [0.4, 0.5) is 0 Å². The number of aromatic nitrogens is 1. The minimum atomic E-state index is 1.19. The van der Waals surface area contributed by atoms with E-state index in [1.807, 2.05) is 22.7 Å². The van der Waals surface area contributed by atoms with Crippen molar-refractivity contribution in [3.8, 4) is 16.8 Å². The lowest BCUT2D eigenvalue weighted by Gasteiger charge is -2.10. The molecule has 9 aromatic rings. The molecule has 182 valence electrons. The van der Waals surface area contributed by atoms with Crippen molar-refractivity contribution in [1.82, 2.24) is 4.57 Å². The van der Waals surface area contributed by atoms with Gasteiger partial charge in [0, 0.05) is 56.8 Å². The number of hydrogen-bond acceptors (Lipinski definition) is 2. The Morgan fingerprint density at radius 3 is 1.87 bits per heavy atom. The first kappa shape index (κ1) is 21.5. The summed E-state index contributed by atoms with van der Waals surface area (Å²) in [6.07, 6.45) is 0. The third-order valence-electron chi connectivity index (χ3n) is 8.02. The topological polar surface area (TPSA) is 4.93 Å². The van der Waals surface area contributed by atoms with Gasteiger partial charge in [-0.3, -0.25) is 0 Å². The van der Waals surface area contributed by atoms with Crippen LogP contribution in [0, 0.1) is 0 Å². The van der Waals surface area contributed by atoms with Crippen molar-refractivity contribution in [2.75, 3.05) is 0 Å². The summed E-state index contributed by atoms with van der Waals surface area (Å²) in [7, 11) is 0. The largest absolute Gasteiger partial charge is 0.309 e. The van der Waals surface area contributed by atoms with Crippen LogP contribution < -0.4 is 0 Å². The Labute approximate surface area is 232 Å². The molecule has 0 aliphatic heterocycles. The number of para-hydroxylation sites is 1. The Morgan fingerprint density at radius 2 is 1.05 bits per heavy atom. The number of hydrogen-bond donors (Lipinski definition) is 0. The first-order chi connectivity index (χ1) is 19.3. The van der Waals surface area contributed by atoms with Gasteiger partial charge in [-0.2, -0.15) is 0 Å². The first-order valence-corrected chi connectivity index (χ1v) is 14.8. The summed E-state index contributed by atoms with van der Waals surface area (Å²) < 4.78 is 7.83. The summed E-state index contributed by atoms with van der Waals surface area (Å²) in [5.41, 5.74) is 6.19. The fraction of sp³-hybridized carbons (Fsp3) is 0. The van der Waals surface area contributed by atoms with Crippen LogP contribution in [0.3, 0.4) is 0 Å². The maximum absolute atomic E-state index is 2.42. The second-order valence-electron chi connectivity index (χ2n) is 10.1. The van der Waals surface area contributed by atoms with Gasteiger partial charge in [-0.1, -0.05) is 78.9 Å². The molecule has 0 fully saturated rings. The molecular formula is C36H21NS2. The molecule has 3 aromatic heterocycles. The molecule has 0 bridgehead atoms. The SMILES string of the molecule is c1ccc2c(c1)sc1ccc(-c3ccc(-n4c5ccccc5c5c6sc7ccccc7c6ccc54)cc3)cc12. The number of thiophene rings is 2. The van der Waals surface area contributed by atoms with Crippen LogP contribution in [0.2, 0.25) is 0 Å². The molecule has 0 unspecified atom stereocenters. The molecule has 0 amide bonds. The molecule has 0 aliphatic rings. The van der Waals surface area contributed by atoms with Crippen molar-refractivity contribution in [3.63, 3.8) is 0 Å². The van der Waals surface area contributed by atoms with E-state index in [1.54, 1.807) is 0 Å². The maximum Gasteiger partial charge on any atom is 0.0555 e. The number of nitrogens with zero attached hydrogens (tertiary/aromatic N) is 1. The third-order valence-corrected chi connectivity index (χ3v) is 10.4. The number of benzene rings is 6. The summed E-state index contributed by atoms with van der Waals surface area (Å²) >= 11 is 3.77. The molecule has 39 heavy (non-hydrogen) atoms. The fourth-order valence-electron chi connectivity index (χ4n) is 6.22. The molecule has 0 N–H and O–H groups in total. The summed E-state index contributed by atoms with van der Waals surface area (Å²) in [6, 6.07) is 46.8. The summed E-state index contributed by atoms with van der Waals surface area (Å²) in [6.45, 7) is 0. The average Bonchev–Trinajstić information content (AvgIpc) is 3.66. The van der Waals surface area contributed by atoms with E-state index in [-0.39, 0.29) is 0 Å². The number of fused-ring (bicyclic) bond motifs is 10. The molecule has 0 spiro atoms. The van der Waals surface area contributed by atoms with Gasteiger partial charge in [0.05, 0.1) is 11.0 Å². The van der Waals surface area contributed by atoms with E-state index in [9.17, 15) is 0 Å². The van der Waals surface area contributed by atoms with Gasteiger partial charge in [0.25, 0.3) is 0 Å². The summed E-state index contributed by atoms with van der Waals surface area (Å²) in [5.74, 6) is 0. The monoisotopic (exact) mass is 531 g/mol. The molecule has 0 saturated carbocycles. The minimum absolute atomic E-state index is 1.19. The van der Waals surface area contributed by atoms with Crippen LogP contribution in [0.1, 0.15) is 0 Å². The van der Waals surface area contributed by atoms with Crippen LogP contribution in [-0.2, 0) is 0 Å². The Morgan fingerprint density at radius 1 is 0.410 bits per heavy atom. The lowest BCUT2D eigenvalue weighted by Crippen LogP contribution is -1.93. The lowest BCUT2D eigenvalue weighted by molar-refractivity contribution is 1.18. The van der Waals surface area contributed by atoms with Gasteiger partial charge in [-0.25, -0.2) is 0 Å². The first-order valence-electron chi connectivity index (χ1n) is 13.2. The van der Waals surface area contributed by atoms with Crippen molar-refractivity contribution in [2.24, 2.45) is 0 Å². The van der Waals surface area contributed by atoms with E-state index < -0.39 is 0 Å². The molecular weight excluding hydrogens is 511 g/mol. The lowest BCUT2D eigenvalue weighted by atomic mass is 10.0. The average molecular weight is 532 g/mol. The van der Waals surface area contributed by atoms with E-state index in [0.29, 0.717) is 0 Å². The standard InChI is InChI=1S/C36H21NS2/c1-4-10-30-28(9-1)35-31(19-18-27-25-7-2-6-12-33(25)39-36(27)35)37(30)24-16-13-22(14-17-24)23-15-20-34-29(21-23)26-8-3-5-11-32(26)38-34/h1-21H. The molecule has 0 saturated heterocycles. The van der Waals surface area contributed by atoms with E-state index in [0.717, 1.165) is 0 Å². The van der Waals surface area contributed by atoms with Gasteiger partial charge in [0.15, 0.2) is 0 Å². The zero-order chi connectivity index (χ0) is 25.5. The third kappa shape index (κ3) is 3.06. The second kappa shape index (κ2) is 8.03. The van der Waals surface area contributed by atoms with Gasteiger partial charge in [-0.05, 0) is 59.7 Å². The van der Waals surface area contributed by atoms with Crippen LogP contribution in [-0.4, -0.2) is 4.57 Å². The predicted molar refractivity (Wildman–Crippen MR) is 172 cm³/mol. The molecule has 0 radical (unpaired) electrons. The molecule has 1 nitrogen and oxygen atoms in total. The molecule has 3 heterocycles. The van der Waals surface area contributed by atoms with E-state index >= 15 is 0 Å². The van der Waals surface area contributed by atoms with Crippen molar-refractivity contribution in [2.45, 2.75) is 0 Å². The molecule has 6 aromatic carbocycles. The van der Waals surface area contributed by atoms with Gasteiger partial charge in [-0.15, -0.1) is 22.7 Å². The highest BCUT2D eigenvalue weighted by molar-refractivity contribution is 7.27. The highest BCUT2D eigenvalue weighted by Gasteiger charge is 2.17. The smallest absolute Gasteiger partial charge is 0.0555 e. The Hall–Kier alpha value is -4.44. The normalized spacial score (nSPS) is 12.1. The van der Waals surface area contributed by atoms with Gasteiger partial charge in [0.1, 0.15) is 0 Å². The van der Waals surface area contributed by atoms with Crippen molar-refractivity contribution >= 4 is 84.8 Å². The van der Waals surface area contributed by atoms with E-state index in [2.05, 4.69) is 132 Å². The summed E-state index contributed by atoms with van der Waals surface area (Å²) in [4.78, 5) is 0. The van der Waals surface area contributed by atoms with E-state index in [1.165, 1.54) is 79.0 Å². The van der Waals surface area contributed by atoms with Crippen molar-refractivity contribution in [1.29, 1.82) is 0 Å². The van der Waals surface area contributed by atoms with Crippen LogP contribution in [0.25, 0.3) is 79.0 Å². The Kier molecular flexibility index (Phi) is 4.43. The summed E-state index contributed by atoms with van der Waals surface area (Å²) in [5, 5.41) is 8.03. The zero-order valence-electron chi connectivity index (χ0n) is 20.9. The second-order valence-corrected chi connectivity index (χ2v) is 12.3. The molecule has 0 atom stereocenters. The van der Waals surface area contributed by atoms with Crippen LogP contribution >= 0.6 is 22.7 Å². The Balaban J connectivity index is 1.24. The molecule has 3 heteroatoms. The fourth-order valence-corrected chi connectivity index (χ4v) is 8.57. The van der Waals surface area contributed by atoms with Crippen LogP contribution in [0.15, 0.2) is 127 Å².